The largest absolute Gasteiger partial charge is 0.496 e. The Balaban J connectivity index is 2.09. The summed E-state index contributed by atoms with van der Waals surface area (Å²) < 4.78 is 112. The third-order valence-corrected chi connectivity index (χ3v) is 7.29. The van der Waals surface area contributed by atoms with Crippen molar-refractivity contribution in [3.05, 3.63) is 130 Å². The van der Waals surface area contributed by atoms with Gasteiger partial charge in [0, 0.05) is 25.3 Å². The maximum atomic E-state index is 15.0. The van der Waals surface area contributed by atoms with Crippen LogP contribution >= 0.6 is 11.6 Å². The van der Waals surface area contributed by atoms with E-state index >= 15 is 0 Å². The molecule has 0 saturated heterocycles. The number of hydrogen-bond acceptors (Lipinski definition) is 4. The maximum Gasteiger partial charge on any atom is 0.430 e. The Morgan fingerprint density at radius 1 is 0.841 bits per heavy atom. The Morgan fingerprint density at radius 3 is 2.05 bits per heavy atom. The highest BCUT2D eigenvalue weighted by Crippen LogP contribution is 2.45. The van der Waals surface area contributed by atoms with Gasteiger partial charge in [-0.3, -0.25) is 9.78 Å². The first-order valence-corrected chi connectivity index (χ1v) is 13.2. The smallest absolute Gasteiger partial charge is 0.430 e. The summed E-state index contributed by atoms with van der Waals surface area (Å²) in [5, 5.41) is 2.38. The lowest BCUT2D eigenvalue weighted by Gasteiger charge is -2.40. The molecule has 4 rings (SSSR count). The minimum Gasteiger partial charge on any atom is -0.496 e. The number of amides is 1. The predicted octanol–water partition coefficient (Wildman–Crippen LogP) is 7.61. The van der Waals surface area contributed by atoms with Crippen LogP contribution in [0.3, 0.4) is 0 Å². The first kappa shape index (κ1) is 32.7. The lowest BCUT2D eigenvalue weighted by atomic mass is 9.78. The van der Waals surface area contributed by atoms with Gasteiger partial charge in [-0.25, -0.2) is 4.39 Å². The quantitative estimate of drug-likeness (QED) is 0.191. The molecule has 0 aliphatic heterocycles. The number of para-hydroxylation sites is 1. The summed E-state index contributed by atoms with van der Waals surface area (Å²) in [4.78, 5) is 18.3. The van der Waals surface area contributed by atoms with Crippen molar-refractivity contribution in [2.45, 2.75) is 29.9 Å². The van der Waals surface area contributed by atoms with E-state index in [9.17, 15) is 35.5 Å². The Kier molecular flexibility index (Phi) is 9.26. The predicted molar refractivity (Wildman–Crippen MR) is 147 cm³/mol. The summed E-state index contributed by atoms with van der Waals surface area (Å²) in [6, 6.07) is 16.0. The molecule has 0 radical (unpaired) electrons. The van der Waals surface area contributed by atoms with Crippen LogP contribution in [0.1, 0.15) is 27.9 Å². The summed E-state index contributed by atoms with van der Waals surface area (Å²) in [7, 11) is 1.98. The molecule has 3 aromatic carbocycles. The molecule has 0 aliphatic rings. The van der Waals surface area contributed by atoms with E-state index in [1.807, 2.05) is 0 Å². The van der Waals surface area contributed by atoms with Crippen molar-refractivity contribution in [3.63, 3.8) is 0 Å². The second kappa shape index (κ2) is 12.4. The number of methoxy groups -OCH3 is 2. The molecule has 1 amide bonds. The van der Waals surface area contributed by atoms with Gasteiger partial charge in [-0.05, 0) is 47.5 Å². The standard InChI is InChI=1S/C31H24ClF7N2O3/c1-43-25-11-7-6-8-19(25)17-28(26-13-12-23(32)18-40-26,21-14-22(30(34,35)36)16-24(33)15-21)41-27(42)29(44-2,31(37,38)39)20-9-4-3-5-10-20/h3-16,18H,17H2,1-2H3,(H,41,42)/t28-,29+/m1/s1. The molecule has 0 unspecified atom stereocenters. The molecule has 1 heterocycles. The minimum atomic E-state index is -5.38. The van der Waals surface area contributed by atoms with Crippen molar-refractivity contribution in [2.24, 2.45) is 0 Å². The van der Waals surface area contributed by atoms with Crippen LogP contribution in [0, 0.1) is 5.82 Å². The molecule has 0 bridgehead atoms. The fourth-order valence-electron chi connectivity index (χ4n) is 4.99. The van der Waals surface area contributed by atoms with E-state index < -0.39 is 58.3 Å². The molecule has 5 nitrogen and oxygen atoms in total. The average Bonchev–Trinajstić information content (AvgIpc) is 2.97. The average molecular weight is 641 g/mol. The first-order valence-electron chi connectivity index (χ1n) is 12.8. The topological polar surface area (TPSA) is 60.5 Å². The number of carbonyl (C=O) groups is 1. The van der Waals surface area contributed by atoms with E-state index in [4.69, 9.17) is 21.1 Å². The zero-order valence-corrected chi connectivity index (χ0v) is 23.8. The molecule has 0 aliphatic carbocycles. The van der Waals surface area contributed by atoms with Crippen LogP contribution in [0.5, 0.6) is 5.75 Å². The number of carbonyl (C=O) groups excluding carboxylic acids is 1. The van der Waals surface area contributed by atoms with E-state index in [-0.39, 0.29) is 28.1 Å². The van der Waals surface area contributed by atoms with Crippen molar-refractivity contribution in [1.82, 2.24) is 10.3 Å². The fraction of sp³-hybridized carbons (Fsp3) is 0.226. The first-order chi connectivity index (χ1) is 20.7. The highest BCUT2D eigenvalue weighted by molar-refractivity contribution is 6.30. The van der Waals surface area contributed by atoms with Gasteiger partial charge in [0.2, 0.25) is 0 Å². The van der Waals surface area contributed by atoms with E-state index in [0.717, 1.165) is 18.3 Å². The second-order valence-electron chi connectivity index (χ2n) is 9.69. The zero-order valence-electron chi connectivity index (χ0n) is 23.1. The molecule has 4 aromatic rings. The van der Waals surface area contributed by atoms with E-state index in [1.54, 1.807) is 12.1 Å². The number of nitrogens with one attached hydrogen (secondary N) is 1. The number of hydrogen-bond donors (Lipinski definition) is 1. The third-order valence-electron chi connectivity index (χ3n) is 7.06. The second-order valence-corrected chi connectivity index (χ2v) is 10.1. The highest BCUT2D eigenvalue weighted by Gasteiger charge is 2.64. The van der Waals surface area contributed by atoms with Crippen LogP contribution in [0.2, 0.25) is 5.02 Å². The van der Waals surface area contributed by atoms with Gasteiger partial charge in [-0.15, -0.1) is 0 Å². The number of benzene rings is 3. The molecule has 0 fully saturated rings. The molecule has 1 aromatic heterocycles. The Labute approximate surface area is 252 Å². The number of halogens is 8. The normalized spacial score (nSPS) is 14.8. The molecule has 13 heteroatoms. The van der Waals surface area contributed by atoms with Crippen LogP contribution in [0.15, 0.2) is 91.1 Å². The number of rotatable bonds is 9. The summed E-state index contributed by atoms with van der Waals surface area (Å²) >= 11 is 6.02. The van der Waals surface area contributed by atoms with Crippen LogP contribution in [0.25, 0.3) is 0 Å². The van der Waals surface area contributed by atoms with Crippen molar-refractivity contribution in [2.75, 3.05) is 14.2 Å². The zero-order chi connectivity index (χ0) is 32.3. The van der Waals surface area contributed by atoms with Gasteiger partial charge >= 0.3 is 12.4 Å². The Morgan fingerprint density at radius 2 is 1.48 bits per heavy atom. The van der Waals surface area contributed by atoms with Crippen molar-refractivity contribution in [3.8, 4) is 5.75 Å². The third kappa shape index (κ3) is 6.22. The SMILES string of the molecule is COc1ccccc1C[C@@](NC(=O)[C@@](OC)(c1ccccc1)C(F)(F)F)(c1cc(F)cc(C(F)(F)F)c1)c1ccc(Cl)cn1. The summed E-state index contributed by atoms with van der Waals surface area (Å²) in [5.41, 5.74) is -8.65. The molecule has 1 N–H and O–H groups in total. The number of pyridine rings is 1. The molecular formula is C31H24ClF7N2O3. The molecule has 0 spiro atoms. The van der Waals surface area contributed by atoms with Crippen molar-refractivity contribution >= 4 is 17.5 Å². The minimum absolute atomic E-state index is 0.0762. The monoisotopic (exact) mass is 640 g/mol. The van der Waals surface area contributed by atoms with Gasteiger partial charge in [0.05, 0.1) is 23.4 Å². The Bertz CT molecular complexity index is 1620. The molecule has 232 valence electrons. The molecule has 44 heavy (non-hydrogen) atoms. The molecule has 2 atom stereocenters. The summed E-state index contributed by atoms with van der Waals surface area (Å²) in [6.07, 6.45) is -9.88. The summed E-state index contributed by atoms with van der Waals surface area (Å²) in [5.74, 6) is -2.98. The fourth-order valence-corrected chi connectivity index (χ4v) is 5.10. The van der Waals surface area contributed by atoms with Crippen LogP contribution in [0.4, 0.5) is 30.7 Å². The lowest BCUT2D eigenvalue weighted by Crippen LogP contribution is -2.61. The van der Waals surface area contributed by atoms with E-state index in [1.165, 1.54) is 49.6 Å². The van der Waals surface area contributed by atoms with Gasteiger partial charge < -0.3 is 14.8 Å². The van der Waals surface area contributed by atoms with Gasteiger partial charge in [-0.2, -0.15) is 26.3 Å². The van der Waals surface area contributed by atoms with Gasteiger partial charge in [-0.1, -0.05) is 60.1 Å². The maximum absolute atomic E-state index is 15.0. The van der Waals surface area contributed by atoms with Gasteiger partial charge in [0.25, 0.3) is 11.5 Å². The molecule has 0 saturated carbocycles. The van der Waals surface area contributed by atoms with E-state index in [2.05, 4.69) is 10.3 Å². The number of nitrogens with zero attached hydrogens (tertiary/aromatic N) is 1. The highest BCUT2D eigenvalue weighted by atomic mass is 35.5. The van der Waals surface area contributed by atoms with Crippen LogP contribution < -0.4 is 10.1 Å². The van der Waals surface area contributed by atoms with Gasteiger partial charge in [0.1, 0.15) is 17.1 Å². The number of aromatic nitrogens is 1. The van der Waals surface area contributed by atoms with E-state index in [0.29, 0.717) is 19.2 Å². The number of alkyl halides is 6. The van der Waals surface area contributed by atoms with Crippen molar-refractivity contribution < 1.29 is 45.0 Å². The van der Waals surface area contributed by atoms with Gasteiger partial charge in [0.15, 0.2) is 0 Å². The molecular weight excluding hydrogens is 617 g/mol. The Hall–Kier alpha value is -4.16. The van der Waals surface area contributed by atoms with Crippen LogP contribution in [-0.2, 0) is 33.3 Å². The van der Waals surface area contributed by atoms with Crippen molar-refractivity contribution in [1.29, 1.82) is 0 Å². The summed E-state index contributed by atoms with van der Waals surface area (Å²) in [6.45, 7) is 0. The number of ether oxygens (including phenoxy) is 2. The lowest BCUT2D eigenvalue weighted by molar-refractivity contribution is -0.266. The van der Waals surface area contributed by atoms with Crippen LogP contribution in [-0.4, -0.2) is 31.3 Å².